The zero-order chi connectivity index (χ0) is 43.0. The topological polar surface area (TPSA) is 89.4 Å². The van der Waals surface area contributed by atoms with Crippen molar-refractivity contribution in [2.45, 2.75) is 32.8 Å². The Hall–Kier alpha value is -6.91. The molecule has 1 amide bonds. The summed E-state index contributed by atoms with van der Waals surface area (Å²) in [7, 11) is 4.89. The maximum Gasteiger partial charge on any atom is 0.268 e. The van der Waals surface area contributed by atoms with Gasteiger partial charge >= 0.3 is 0 Å². The average molecular weight is 892 g/mol. The van der Waals surface area contributed by atoms with E-state index in [9.17, 15) is 4.79 Å². The van der Waals surface area contributed by atoms with E-state index in [1.54, 1.807) is 27.4 Å². The molecule has 1 aliphatic rings. The molecule has 0 bridgehead atoms. The van der Waals surface area contributed by atoms with Gasteiger partial charge in [-0.3, -0.25) is 4.79 Å². The summed E-state index contributed by atoms with van der Waals surface area (Å²) in [6, 6.07) is 43.8. The van der Waals surface area contributed by atoms with Crippen molar-refractivity contribution in [2.75, 3.05) is 27.9 Å². The number of amides is 1. The molecule has 0 atom stereocenters. The Morgan fingerprint density at radius 2 is 1.15 bits per heavy atom. The maximum atomic E-state index is 14.7. The quantitative estimate of drug-likeness (QED) is 0.0911. The van der Waals surface area contributed by atoms with E-state index >= 15 is 0 Å². The van der Waals surface area contributed by atoms with Gasteiger partial charge in [-0.2, -0.15) is 0 Å². The number of aromatic nitrogens is 1. The van der Waals surface area contributed by atoms with Gasteiger partial charge in [-0.1, -0.05) is 119 Å². The predicted molar refractivity (Wildman–Crippen MR) is 247 cm³/mol. The van der Waals surface area contributed by atoms with E-state index in [1.165, 1.54) is 0 Å². The van der Waals surface area contributed by atoms with Gasteiger partial charge in [0.25, 0.3) is 5.91 Å². The molecule has 2 heterocycles. The number of carbonyl (C=O) groups is 1. The summed E-state index contributed by atoms with van der Waals surface area (Å²) in [5, 5.41) is 3.09. The minimum atomic E-state index is -0.255. The largest absolute Gasteiger partial charge is 0.493 e. The molecule has 0 unspecified atom stereocenters. The van der Waals surface area contributed by atoms with Crippen LogP contribution in [0.5, 0.6) is 34.5 Å². The van der Waals surface area contributed by atoms with Gasteiger partial charge in [0.05, 0.1) is 27.0 Å². The van der Waals surface area contributed by atoms with E-state index in [0.717, 1.165) is 50.2 Å². The zero-order valence-corrected chi connectivity index (χ0v) is 36.5. The van der Waals surface area contributed by atoms with Crippen LogP contribution >= 0.6 is 15.9 Å². The number of nitrogens with one attached hydrogen (secondary N) is 1. The Bertz CT molecular complexity index is 2700. The Labute approximate surface area is 370 Å². The lowest BCUT2D eigenvalue weighted by Crippen LogP contribution is -2.27. The zero-order valence-electron chi connectivity index (χ0n) is 34.9. The fourth-order valence-corrected chi connectivity index (χ4v) is 8.35. The van der Waals surface area contributed by atoms with Gasteiger partial charge in [-0.05, 0) is 70.6 Å². The number of nitrogens with zero attached hydrogens (tertiary/aromatic N) is 1. The highest BCUT2D eigenvalue weighted by atomic mass is 79.9. The number of halogens is 1. The second-order valence-corrected chi connectivity index (χ2v) is 15.5. The molecule has 0 fully saturated rings. The summed E-state index contributed by atoms with van der Waals surface area (Å²) in [6.45, 7) is 5.72. The lowest BCUT2D eigenvalue weighted by molar-refractivity contribution is 0.0949. The molecule has 62 heavy (non-hydrogen) atoms. The summed E-state index contributed by atoms with van der Waals surface area (Å²) >= 11 is 3.92. The fourth-order valence-electron chi connectivity index (χ4n) is 7.83. The fraction of sp³-hybridized carbons (Fsp3) is 0.173. The van der Waals surface area contributed by atoms with Gasteiger partial charge in [0.1, 0.15) is 25.5 Å². The summed E-state index contributed by atoms with van der Waals surface area (Å²) < 4.78 is 39.9. The van der Waals surface area contributed by atoms with Crippen LogP contribution in [0.4, 0.5) is 0 Å². The summed E-state index contributed by atoms with van der Waals surface area (Å²) in [5.74, 6) is 3.15. The summed E-state index contributed by atoms with van der Waals surface area (Å²) in [5.41, 5.74) is 9.40. The SMILES string of the molecule is C=CCNC(=O)c1c(-c2cc(OC)c(OCc3ccccc3)cc2Br)c(-c2ccc(OC)c(OCc3ccccc3)c2)c2n1CCc1cc(OCc3ccccc3)c(OC)cc1-2. The van der Waals surface area contributed by atoms with Crippen LogP contribution in [-0.4, -0.2) is 38.3 Å². The molecule has 9 nitrogen and oxygen atoms in total. The van der Waals surface area contributed by atoms with Crippen LogP contribution in [0, 0.1) is 0 Å². The summed E-state index contributed by atoms with van der Waals surface area (Å²) in [4.78, 5) is 14.7. The molecular weight excluding hydrogens is 844 g/mol. The first kappa shape index (κ1) is 41.8. The van der Waals surface area contributed by atoms with E-state index < -0.39 is 0 Å². The van der Waals surface area contributed by atoms with Crippen molar-refractivity contribution in [3.8, 4) is 68.0 Å². The molecule has 0 saturated carbocycles. The van der Waals surface area contributed by atoms with Gasteiger partial charge < -0.3 is 38.3 Å². The number of carbonyl (C=O) groups excluding carboxylic acids is 1. The molecule has 8 rings (SSSR count). The molecule has 314 valence electrons. The molecular formula is C52H47BrN2O7. The molecule has 0 radical (unpaired) electrons. The third-order valence-corrected chi connectivity index (χ3v) is 11.5. The normalized spacial score (nSPS) is 11.5. The Morgan fingerprint density at radius 1 is 0.629 bits per heavy atom. The smallest absolute Gasteiger partial charge is 0.268 e. The van der Waals surface area contributed by atoms with Crippen molar-refractivity contribution in [3.05, 3.63) is 179 Å². The molecule has 1 N–H and O–H groups in total. The lowest BCUT2D eigenvalue weighted by Gasteiger charge is -2.24. The number of methoxy groups -OCH3 is 3. The monoisotopic (exact) mass is 890 g/mol. The highest BCUT2D eigenvalue weighted by molar-refractivity contribution is 9.10. The first-order chi connectivity index (χ1) is 30.4. The van der Waals surface area contributed by atoms with Gasteiger partial charge in [-0.15, -0.1) is 6.58 Å². The molecule has 0 saturated heterocycles. The molecule has 1 aliphatic heterocycles. The molecule has 6 aromatic carbocycles. The van der Waals surface area contributed by atoms with Crippen LogP contribution in [-0.2, 0) is 32.8 Å². The second kappa shape index (κ2) is 19.2. The van der Waals surface area contributed by atoms with Crippen LogP contribution in [0.25, 0.3) is 33.5 Å². The number of rotatable bonds is 17. The van der Waals surface area contributed by atoms with Gasteiger partial charge in [0, 0.05) is 39.8 Å². The van der Waals surface area contributed by atoms with Crippen molar-refractivity contribution in [3.63, 3.8) is 0 Å². The highest BCUT2D eigenvalue weighted by Crippen LogP contribution is 2.53. The van der Waals surface area contributed by atoms with E-state index in [2.05, 4.69) is 38.5 Å². The Morgan fingerprint density at radius 3 is 1.68 bits per heavy atom. The van der Waals surface area contributed by atoms with Gasteiger partial charge in [0.2, 0.25) is 0 Å². The maximum absolute atomic E-state index is 14.7. The van der Waals surface area contributed by atoms with E-state index in [1.807, 2.05) is 127 Å². The number of aryl methyl sites for hydroxylation is 1. The molecule has 0 aliphatic carbocycles. The second-order valence-electron chi connectivity index (χ2n) is 14.7. The van der Waals surface area contributed by atoms with Crippen LogP contribution in [0.2, 0.25) is 0 Å². The first-order valence-corrected chi connectivity index (χ1v) is 21.1. The van der Waals surface area contributed by atoms with Crippen molar-refractivity contribution in [1.82, 2.24) is 9.88 Å². The Balaban J connectivity index is 1.35. The highest BCUT2D eigenvalue weighted by Gasteiger charge is 2.35. The van der Waals surface area contributed by atoms with E-state index in [4.69, 9.17) is 28.4 Å². The third kappa shape index (κ3) is 8.78. The number of hydrogen-bond donors (Lipinski definition) is 1. The predicted octanol–water partition coefficient (Wildman–Crippen LogP) is 11.5. The van der Waals surface area contributed by atoms with Crippen LogP contribution in [0.3, 0.4) is 0 Å². The van der Waals surface area contributed by atoms with E-state index in [-0.39, 0.29) is 12.5 Å². The van der Waals surface area contributed by atoms with E-state index in [0.29, 0.717) is 83.0 Å². The van der Waals surface area contributed by atoms with Crippen molar-refractivity contribution >= 4 is 21.8 Å². The minimum absolute atomic E-state index is 0.255. The van der Waals surface area contributed by atoms with Crippen LogP contribution in [0.1, 0.15) is 32.7 Å². The van der Waals surface area contributed by atoms with Crippen LogP contribution < -0.4 is 33.7 Å². The molecule has 0 spiro atoms. The minimum Gasteiger partial charge on any atom is -0.493 e. The van der Waals surface area contributed by atoms with Gasteiger partial charge in [0.15, 0.2) is 34.5 Å². The molecule has 7 aromatic rings. The standard InChI is InChI=1S/C52H47BrN2O7/c1-5-24-54-52(56)51-49(40-29-44(59-4)47(30-41(40)53)62-33-36-19-13-8-14-20-36)48(38-21-22-42(57-2)45(27-38)60-31-34-15-9-6-10-16-34)50-39-28-43(58-3)46(26-37(39)23-25-55(50)51)61-32-35-17-11-7-12-18-35/h5-22,26-30H,1,23-25,31-33H2,2-4H3,(H,54,56). The number of ether oxygens (including phenoxy) is 6. The van der Waals surface area contributed by atoms with Crippen molar-refractivity contribution in [1.29, 1.82) is 0 Å². The Kier molecular flexibility index (Phi) is 13.0. The van der Waals surface area contributed by atoms with Gasteiger partial charge in [-0.25, -0.2) is 0 Å². The van der Waals surface area contributed by atoms with Crippen LogP contribution in [0.15, 0.2) is 151 Å². The third-order valence-electron chi connectivity index (χ3n) is 10.8. The molecule has 10 heteroatoms. The number of benzene rings is 6. The molecule has 1 aromatic heterocycles. The average Bonchev–Trinajstić information content (AvgIpc) is 3.67. The first-order valence-electron chi connectivity index (χ1n) is 20.3. The number of hydrogen-bond acceptors (Lipinski definition) is 7. The van der Waals surface area contributed by atoms with Crippen molar-refractivity contribution in [2.24, 2.45) is 0 Å². The number of fused-ring (bicyclic) bond motifs is 3. The lowest BCUT2D eigenvalue weighted by atomic mass is 9.89. The van der Waals surface area contributed by atoms with Crippen molar-refractivity contribution < 1.29 is 33.2 Å². The summed E-state index contributed by atoms with van der Waals surface area (Å²) in [6.07, 6.45) is 2.31.